The third-order valence-electron chi connectivity index (χ3n) is 6.14. The number of carbonyl (C=O) groups is 1. The highest BCUT2D eigenvalue weighted by atomic mass is 31.2. The van der Waals surface area contributed by atoms with Gasteiger partial charge >= 0.3 is 11.8 Å². The molecule has 2 aromatic heterocycles. The van der Waals surface area contributed by atoms with Crippen LogP contribution in [0, 0.1) is 11.3 Å². The molecule has 1 unspecified atom stereocenters. The molecule has 2 N–H and O–H groups in total. The van der Waals surface area contributed by atoms with Crippen LogP contribution in [0.3, 0.4) is 0 Å². The molecule has 0 radical (unpaired) electrons. The second-order valence-corrected chi connectivity index (χ2v) is 12.6. The number of aliphatic hydroxyl groups is 1. The summed E-state index contributed by atoms with van der Waals surface area (Å²) in [5.74, 6) is 0. The molecule has 1 aliphatic heterocycles. The van der Waals surface area contributed by atoms with Crippen LogP contribution in [0.15, 0.2) is 34.1 Å². The molecule has 3 rings (SSSR count). The molecule has 3 heterocycles. The first-order valence-electron chi connectivity index (χ1n) is 13.5. The van der Waals surface area contributed by atoms with Crippen molar-refractivity contribution in [2.45, 2.75) is 97.4 Å². The maximum Gasteiger partial charge on any atom is 0.418 e. The minimum Gasteiger partial charge on any atom is -0.443 e. The zero-order chi connectivity index (χ0) is 30.5. The molecule has 0 aliphatic carbocycles. The van der Waals surface area contributed by atoms with E-state index < -0.39 is 49.9 Å². The van der Waals surface area contributed by atoms with Crippen molar-refractivity contribution >= 4 is 14.6 Å². The van der Waals surface area contributed by atoms with Gasteiger partial charge in [-0.2, -0.15) is 5.26 Å². The number of aromatic amines is 1. The van der Waals surface area contributed by atoms with Crippen molar-refractivity contribution in [3.05, 3.63) is 45.4 Å². The number of nitriles is 1. The molecule has 0 amide bonds. The molecule has 0 aromatic carbocycles. The van der Waals surface area contributed by atoms with Crippen LogP contribution in [0.2, 0.25) is 0 Å². The van der Waals surface area contributed by atoms with Crippen LogP contribution >= 0.6 is 8.53 Å². The third-order valence-corrected chi connectivity index (χ3v) is 8.30. The van der Waals surface area contributed by atoms with E-state index in [0.717, 1.165) is 0 Å². The van der Waals surface area contributed by atoms with Gasteiger partial charge in [-0.15, -0.1) is 0 Å². The zero-order valence-corrected chi connectivity index (χ0v) is 25.5. The van der Waals surface area contributed by atoms with Crippen LogP contribution in [0.1, 0.15) is 67.5 Å². The number of rotatable bonds is 11. The Morgan fingerprint density at radius 1 is 1.29 bits per heavy atom. The lowest BCUT2D eigenvalue weighted by Gasteiger charge is -2.37. The van der Waals surface area contributed by atoms with E-state index in [1.807, 2.05) is 27.7 Å². The van der Waals surface area contributed by atoms with Crippen molar-refractivity contribution in [1.82, 2.24) is 18.8 Å². The number of nitrogens with zero attached hydrogens (tertiary/aromatic N) is 4. The van der Waals surface area contributed by atoms with Crippen molar-refractivity contribution in [2.75, 3.05) is 13.2 Å². The molecule has 41 heavy (non-hydrogen) atoms. The summed E-state index contributed by atoms with van der Waals surface area (Å²) in [5.41, 5.74) is -1.86. The van der Waals surface area contributed by atoms with Crippen molar-refractivity contribution in [3.63, 3.8) is 0 Å². The first-order valence-corrected chi connectivity index (χ1v) is 14.7. The fourth-order valence-electron chi connectivity index (χ4n) is 4.51. The van der Waals surface area contributed by atoms with Gasteiger partial charge in [0.1, 0.15) is 17.9 Å². The van der Waals surface area contributed by atoms with Gasteiger partial charge in [-0.05, 0) is 60.6 Å². The van der Waals surface area contributed by atoms with Crippen molar-refractivity contribution in [3.8, 4) is 17.3 Å². The van der Waals surface area contributed by atoms with Crippen LogP contribution in [-0.2, 0) is 18.5 Å². The lowest BCUT2D eigenvalue weighted by molar-refractivity contribution is -0.0438. The Labute approximate surface area is 240 Å². The average molecular weight is 594 g/mol. The Kier molecular flexibility index (Phi) is 11.1. The molecule has 1 fully saturated rings. The Balaban J connectivity index is 1.92. The first kappa shape index (κ1) is 32.7. The summed E-state index contributed by atoms with van der Waals surface area (Å²) in [5, 5.41) is 19.1. The Hall–Kier alpha value is -2.85. The molecule has 1 aliphatic rings. The second kappa shape index (κ2) is 13.9. The van der Waals surface area contributed by atoms with Crippen LogP contribution in [0.5, 0.6) is 0 Å². The van der Waals surface area contributed by atoms with Crippen LogP contribution < -0.4 is 11.2 Å². The number of hydrogen-bond acceptors (Lipinski definition) is 10. The lowest BCUT2D eigenvalue weighted by atomic mass is 10.2. The number of nitrogens with one attached hydrogen (secondary N) is 1. The summed E-state index contributed by atoms with van der Waals surface area (Å²) < 4.78 is 28.3. The van der Waals surface area contributed by atoms with Gasteiger partial charge in [-0.1, -0.05) is 0 Å². The molecule has 2 aromatic rings. The fraction of sp³-hybridized carbons (Fsp3) is 0.630. The summed E-state index contributed by atoms with van der Waals surface area (Å²) in [6, 6.07) is 5.36. The summed E-state index contributed by atoms with van der Waals surface area (Å²) in [6.07, 6.45) is 0.191. The molecular formula is C27H40N5O8P. The SMILES string of the molecule is CC(C)N(C(C)C)P(OCCC#N)O[C@H]1C[C@H](n2cc(-c3cccn3C(=O)OC(C)(C)C)c(=O)[nH]c2=O)O[C@@H]1CO. The molecular weight excluding hydrogens is 553 g/mol. The highest BCUT2D eigenvalue weighted by Crippen LogP contribution is 2.49. The van der Waals surface area contributed by atoms with E-state index >= 15 is 0 Å². The van der Waals surface area contributed by atoms with Crippen molar-refractivity contribution in [1.29, 1.82) is 5.26 Å². The number of H-pyrrole nitrogens is 1. The molecule has 14 heteroatoms. The summed E-state index contributed by atoms with van der Waals surface area (Å²) in [7, 11) is -1.63. The maximum absolute atomic E-state index is 12.9. The molecule has 0 spiro atoms. The van der Waals surface area contributed by atoms with Gasteiger partial charge in [0.05, 0.1) is 43.1 Å². The highest BCUT2D eigenvalue weighted by molar-refractivity contribution is 7.44. The standard InChI is InChI=1S/C27H40N5O8P/c1-17(2)32(18(3)4)41(37-13-9-11-28)40-21-14-23(38-22(21)16-33)31-15-19(24(34)29-25(31)35)20-10-8-12-30(20)26(36)39-27(5,6)7/h8,10,12,15,17-18,21-23,33H,9,13-14,16H2,1-7H3,(H,29,34,35)/t21-,22+,23+,41?/m0/s1. The quantitative estimate of drug-likeness (QED) is 0.290. The zero-order valence-electron chi connectivity index (χ0n) is 24.6. The van der Waals surface area contributed by atoms with Crippen molar-refractivity contribution in [2.24, 2.45) is 0 Å². The van der Waals surface area contributed by atoms with Crippen LogP contribution in [0.25, 0.3) is 11.3 Å². The van der Waals surface area contributed by atoms with E-state index in [-0.39, 0.29) is 49.4 Å². The minimum absolute atomic E-state index is 0.0573. The first-order chi connectivity index (χ1) is 19.3. The maximum atomic E-state index is 12.9. The van der Waals surface area contributed by atoms with E-state index in [0.29, 0.717) is 0 Å². The Morgan fingerprint density at radius 2 is 1.98 bits per heavy atom. The second-order valence-electron chi connectivity index (χ2n) is 11.2. The van der Waals surface area contributed by atoms with E-state index in [9.17, 15) is 19.5 Å². The highest BCUT2D eigenvalue weighted by Gasteiger charge is 2.41. The Morgan fingerprint density at radius 3 is 2.56 bits per heavy atom. The molecule has 0 bridgehead atoms. The lowest BCUT2D eigenvalue weighted by Crippen LogP contribution is -2.36. The molecule has 13 nitrogen and oxygen atoms in total. The van der Waals surface area contributed by atoms with Gasteiger partial charge < -0.3 is 23.6 Å². The van der Waals surface area contributed by atoms with E-state index in [2.05, 4.69) is 15.7 Å². The number of aromatic nitrogens is 3. The number of aliphatic hydroxyl groups excluding tert-OH is 1. The van der Waals surface area contributed by atoms with Gasteiger partial charge in [0.15, 0.2) is 0 Å². The summed E-state index contributed by atoms with van der Waals surface area (Å²) >= 11 is 0. The fourth-order valence-corrected chi connectivity index (χ4v) is 6.27. The monoisotopic (exact) mass is 593 g/mol. The van der Waals surface area contributed by atoms with Gasteiger partial charge in [-0.3, -0.25) is 18.9 Å². The van der Waals surface area contributed by atoms with Gasteiger partial charge in [0.25, 0.3) is 14.1 Å². The normalized spacial score (nSPS) is 20.1. The summed E-state index contributed by atoms with van der Waals surface area (Å²) in [4.78, 5) is 40.8. The number of hydrogen-bond donors (Lipinski definition) is 2. The van der Waals surface area contributed by atoms with Crippen LogP contribution in [-0.4, -0.2) is 73.1 Å². The van der Waals surface area contributed by atoms with E-state index in [1.165, 1.54) is 21.5 Å². The third kappa shape index (κ3) is 8.13. The average Bonchev–Trinajstić information content (AvgIpc) is 3.50. The van der Waals surface area contributed by atoms with Gasteiger partial charge in [-0.25, -0.2) is 14.3 Å². The van der Waals surface area contributed by atoms with Gasteiger partial charge in [0, 0.05) is 30.9 Å². The minimum atomic E-state index is -1.63. The van der Waals surface area contributed by atoms with E-state index in [4.69, 9.17) is 23.8 Å². The van der Waals surface area contributed by atoms with Crippen molar-refractivity contribution < 1.29 is 28.4 Å². The van der Waals surface area contributed by atoms with E-state index in [1.54, 1.807) is 32.9 Å². The predicted octanol–water partition coefficient (Wildman–Crippen LogP) is 3.73. The molecule has 4 atom stereocenters. The Bertz CT molecular complexity index is 1330. The van der Waals surface area contributed by atoms with Crippen LogP contribution in [0.4, 0.5) is 4.79 Å². The molecule has 1 saturated heterocycles. The smallest absolute Gasteiger partial charge is 0.418 e. The number of carbonyl (C=O) groups excluding carboxylic acids is 1. The molecule has 0 saturated carbocycles. The number of ether oxygens (including phenoxy) is 2. The summed E-state index contributed by atoms with van der Waals surface area (Å²) in [6.45, 7) is 13.1. The largest absolute Gasteiger partial charge is 0.443 e. The topological polar surface area (TPSA) is 161 Å². The molecule has 226 valence electrons. The van der Waals surface area contributed by atoms with Gasteiger partial charge in [0.2, 0.25) is 0 Å². The predicted molar refractivity (Wildman–Crippen MR) is 152 cm³/mol.